The molecule has 1 fully saturated rings. The number of fused-ring (bicyclic) bond motifs is 1. The van der Waals surface area contributed by atoms with Crippen LogP contribution in [0.15, 0.2) is 6.07 Å². The van der Waals surface area contributed by atoms with E-state index in [1.54, 1.807) is 11.3 Å². The lowest BCUT2D eigenvalue weighted by molar-refractivity contribution is 0.0786. The highest BCUT2D eigenvalue weighted by molar-refractivity contribution is 7.29. The Balaban J connectivity index is 1.73. The van der Waals surface area contributed by atoms with Crippen molar-refractivity contribution in [1.82, 2.24) is 14.8 Å². The summed E-state index contributed by atoms with van der Waals surface area (Å²) < 4.78 is 1.13. The van der Waals surface area contributed by atoms with E-state index in [4.69, 9.17) is 4.98 Å². The maximum absolute atomic E-state index is 12.8. The molecule has 0 radical (unpaired) electrons. The topological polar surface area (TPSA) is 39.7 Å². The molecular weight excluding hydrogens is 340 g/mol. The van der Waals surface area contributed by atoms with Gasteiger partial charge in [0.05, 0.1) is 9.58 Å². The first-order valence-electron chi connectivity index (χ1n) is 8.72. The van der Waals surface area contributed by atoms with Crippen molar-refractivity contribution in [3.05, 3.63) is 10.9 Å². The number of likely N-dealkylation sites (tertiary alicyclic amines) is 1. The van der Waals surface area contributed by atoms with Gasteiger partial charge in [-0.15, -0.1) is 11.3 Å². The fraction of sp³-hybridized carbons (Fsp3) is 0.647. The molecule has 1 saturated heterocycles. The van der Waals surface area contributed by atoms with Crippen LogP contribution < -0.4 is 4.90 Å². The second-order valence-electron chi connectivity index (χ2n) is 6.22. The van der Waals surface area contributed by atoms with E-state index in [2.05, 4.69) is 37.6 Å². The minimum absolute atomic E-state index is 0.168. The molecule has 0 aromatic carbocycles. The van der Waals surface area contributed by atoms with Crippen molar-refractivity contribution in [1.29, 1.82) is 0 Å². The number of likely N-dealkylation sites (N-methyl/N-ethyl adjacent to an activating group) is 1. The van der Waals surface area contributed by atoms with Crippen LogP contribution in [0.3, 0.4) is 0 Å². The quantitative estimate of drug-likeness (QED) is 0.786. The van der Waals surface area contributed by atoms with Crippen LogP contribution in [0, 0.1) is 0 Å². The first-order chi connectivity index (χ1) is 11.6. The summed E-state index contributed by atoms with van der Waals surface area (Å²) in [6.45, 7) is 11.1. The molecule has 3 heterocycles. The lowest BCUT2D eigenvalue weighted by atomic mass is 10.2. The van der Waals surface area contributed by atoms with Gasteiger partial charge < -0.3 is 14.7 Å². The van der Waals surface area contributed by atoms with Crippen LogP contribution in [0.5, 0.6) is 0 Å². The van der Waals surface area contributed by atoms with E-state index < -0.39 is 0 Å². The Morgan fingerprint density at radius 1 is 1.29 bits per heavy atom. The molecular formula is C17H26N4OS2. The monoisotopic (exact) mass is 366 g/mol. The van der Waals surface area contributed by atoms with E-state index in [1.165, 1.54) is 11.3 Å². The predicted molar refractivity (Wildman–Crippen MR) is 104 cm³/mol. The van der Waals surface area contributed by atoms with Crippen LogP contribution in [0.1, 0.15) is 36.9 Å². The van der Waals surface area contributed by atoms with Crippen LogP contribution in [-0.4, -0.2) is 66.5 Å². The van der Waals surface area contributed by atoms with Crippen LogP contribution >= 0.6 is 22.7 Å². The summed E-state index contributed by atoms with van der Waals surface area (Å²) in [7, 11) is 2.14. The van der Waals surface area contributed by atoms with Gasteiger partial charge in [-0.2, -0.15) is 0 Å². The number of hydrogen-bond donors (Lipinski definition) is 0. The fourth-order valence-corrected chi connectivity index (χ4v) is 5.46. The summed E-state index contributed by atoms with van der Waals surface area (Å²) in [6, 6.07) is 2.52. The van der Waals surface area contributed by atoms with Crippen molar-refractivity contribution in [2.45, 2.75) is 33.2 Å². The van der Waals surface area contributed by atoms with Crippen LogP contribution in [0.2, 0.25) is 0 Å². The summed E-state index contributed by atoms with van der Waals surface area (Å²) in [4.78, 5) is 25.9. The Bertz CT molecular complexity index is 675. The van der Waals surface area contributed by atoms with Gasteiger partial charge in [-0.1, -0.05) is 18.3 Å². The molecule has 1 aliphatic heterocycles. The van der Waals surface area contributed by atoms with Gasteiger partial charge in [-0.3, -0.25) is 4.79 Å². The van der Waals surface area contributed by atoms with Crippen LogP contribution in [-0.2, 0) is 0 Å². The molecule has 24 heavy (non-hydrogen) atoms. The lowest BCUT2D eigenvalue weighted by Crippen LogP contribution is -2.36. The molecule has 2 aromatic rings. The summed E-state index contributed by atoms with van der Waals surface area (Å²) >= 11 is 3.23. The maximum Gasteiger partial charge on any atom is 0.264 e. The van der Waals surface area contributed by atoms with Crippen LogP contribution in [0.25, 0.3) is 9.53 Å². The van der Waals surface area contributed by atoms with E-state index in [1.807, 2.05) is 11.0 Å². The summed E-state index contributed by atoms with van der Waals surface area (Å²) in [5, 5.41) is 1.06. The number of rotatable bonds is 6. The first kappa shape index (κ1) is 17.6. The Morgan fingerprint density at radius 2 is 2.04 bits per heavy atom. The molecule has 0 bridgehead atoms. The van der Waals surface area contributed by atoms with Crippen molar-refractivity contribution in [2.75, 3.05) is 44.7 Å². The standard InChI is InChI=1S/C17H26N4OS2/c1-5-19(4)12-8-9-21(11-12)16(22)14-10-13-15(23-14)18-17(24-13)20(6-2)7-3/h10,12H,5-9,11H2,1-4H3/t12-/m1/s1. The van der Waals surface area contributed by atoms with Crippen molar-refractivity contribution < 1.29 is 4.79 Å². The predicted octanol–water partition coefficient (Wildman–Crippen LogP) is 3.37. The Morgan fingerprint density at radius 3 is 2.67 bits per heavy atom. The Kier molecular flexibility index (Phi) is 5.42. The highest BCUT2D eigenvalue weighted by atomic mass is 32.1. The molecule has 1 atom stereocenters. The van der Waals surface area contributed by atoms with Gasteiger partial charge in [0.1, 0.15) is 4.83 Å². The van der Waals surface area contributed by atoms with Gasteiger partial charge in [0.25, 0.3) is 5.91 Å². The van der Waals surface area contributed by atoms with E-state index in [-0.39, 0.29) is 5.91 Å². The molecule has 0 aliphatic carbocycles. The molecule has 0 spiro atoms. The zero-order valence-corrected chi connectivity index (χ0v) is 16.5. The highest BCUT2D eigenvalue weighted by Crippen LogP contribution is 2.35. The van der Waals surface area contributed by atoms with Crippen molar-refractivity contribution >= 4 is 43.2 Å². The third kappa shape index (κ3) is 3.30. The van der Waals surface area contributed by atoms with E-state index in [0.29, 0.717) is 6.04 Å². The van der Waals surface area contributed by atoms with Gasteiger partial charge in [0.2, 0.25) is 0 Å². The number of thiophene rings is 1. The molecule has 132 valence electrons. The highest BCUT2D eigenvalue weighted by Gasteiger charge is 2.30. The van der Waals surface area contributed by atoms with Crippen molar-refractivity contribution in [2.24, 2.45) is 0 Å². The molecule has 1 aliphatic rings. The molecule has 5 nitrogen and oxygen atoms in total. The average Bonchev–Trinajstić information content (AvgIpc) is 3.29. The summed E-state index contributed by atoms with van der Waals surface area (Å²) in [5.74, 6) is 0.168. The number of anilines is 1. The van der Waals surface area contributed by atoms with E-state index in [9.17, 15) is 4.79 Å². The Labute approximate surface area is 151 Å². The smallest absolute Gasteiger partial charge is 0.264 e. The normalized spacial score (nSPS) is 18.0. The number of carbonyl (C=O) groups excluding carboxylic acids is 1. The van der Waals surface area contributed by atoms with E-state index >= 15 is 0 Å². The van der Waals surface area contributed by atoms with Gasteiger partial charge in [-0.05, 0) is 39.9 Å². The average molecular weight is 367 g/mol. The number of thiazole rings is 1. The molecule has 1 amide bonds. The fourth-order valence-electron chi connectivity index (χ4n) is 3.16. The van der Waals surface area contributed by atoms with Gasteiger partial charge >= 0.3 is 0 Å². The molecule has 0 unspecified atom stereocenters. The minimum atomic E-state index is 0.168. The minimum Gasteiger partial charge on any atom is -0.349 e. The number of nitrogens with zero attached hydrogens (tertiary/aromatic N) is 4. The number of aromatic nitrogens is 1. The first-order valence-corrected chi connectivity index (χ1v) is 10.3. The number of carbonyl (C=O) groups is 1. The summed E-state index contributed by atoms with van der Waals surface area (Å²) in [5.41, 5.74) is 0. The summed E-state index contributed by atoms with van der Waals surface area (Å²) in [6.07, 6.45) is 1.07. The molecule has 2 aromatic heterocycles. The van der Waals surface area contributed by atoms with Crippen molar-refractivity contribution in [3.63, 3.8) is 0 Å². The molecule has 0 N–H and O–H groups in total. The maximum atomic E-state index is 12.8. The third-order valence-electron chi connectivity index (χ3n) is 4.90. The van der Waals surface area contributed by atoms with Gasteiger partial charge in [0, 0.05) is 32.2 Å². The second-order valence-corrected chi connectivity index (χ2v) is 8.26. The lowest BCUT2D eigenvalue weighted by Gasteiger charge is -2.22. The molecule has 7 heteroatoms. The molecule has 3 rings (SSSR count). The second kappa shape index (κ2) is 7.37. The zero-order valence-electron chi connectivity index (χ0n) is 14.9. The Hall–Kier alpha value is -1.18. The van der Waals surface area contributed by atoms with Gasteiger partial charge in [-0.25, -0.2) is 4.98 Å². The number of amides is 1. The molecule has 0 saturated carbocycles. The SMILES string of the molecule is CCN(CC)c1nc2sc(C(=O)N3CC[C@@H](N(C)CC)C3)cc2s1. The van der Waals surface area contributed by atoms with Gasteiger partial charge in [0.15, 0.2) is 5.13 Å². The number of hydrogen-bond acceptors (Lipinski definition) is 6. The van der Waals surface area contributed by atoms with Crippen molar-refractivity contribution in [3.8, 4) is 0 Å². The van der Waals surface area contributed by atoms with Crippen LogP contribution in [0.4, 0.5) is 5.13 Å². The largest absolute Gasteiger partial charge is 0.349 e. The third-order valence-corrected chi connectivity index (χ3v) is 7.10. The van der Waals surface area contributed by atoms with E-state index in [0.717, 1.165) is 58.7 Å². The zero-order chi connectivity index (χ0) is 17.3.